The third kappa shape index (κ3) is 4.96. The first-order valence-electron chi connectivity index (χ1n) is 7.02. The minimum absolute atomic E-state index is 0. The summed E-state index contributed by atoms with van der Waals surface area (Å²) < 4.78 is 0. The van der Waals surface area contributed by atoms with Crippen molar-refractivity contribution in [2.45, 2.75) is 32.1 Å². The van der Waals surface area contributed by atoms with Gasteiger partial charge >= 0.3 is 0 Å². The predicted molar refractivity (Wildman–Crippen MR) is 84.6 cm³/mol. The highest BCUT2D eigenvalue weighted by atomic mass is 35.5. The van der Waals surface area contributed by atoms with Gasteiger partial charge in [-0.2, -0.15) is 0 Å². The van der Waals surface area contributed by atoms with Gasteiger partial charge in [-0.1, -0.05) is 25.0 Å². The van der Waals surface area contributed by atoms with Crippen LogP contribution in [-0.2, 0) is 0 Å². The molecular formula is C16H25ClN2. The highest BCUT2D eigenvalue weighted by Gasteiger charge is 2.18. The quantitative estimate of drug-likeness (QED) is 0.831. The van der Waals surface area contributed by atoms with Gasteiger partial charge in [-0.05, 0) is 56.5 Å². The molecule has 3 heteroatoms. The fourth-order valence-corrected chi connectivity index (χ4v) is 2.81. The van der Waals surface area contributed by atoms with Crippen molar-refractivity contribution in [1.29, 1.82) is 0 Å². The lowest BCUT2D eigenvalue weighted by atomic mass is 9.85. The maximum atomic E-state index is 4.27. The summed E-state index contributed by atoms with van der Waals surface area (Å²) in [6.07, 6.45) is 12.9. The van der Waals surface area contributed by atoms with Crippen molar-refractivity contribution in [3.05, 3.63) is 36.2 Å². The third-order valence-corrected chi connectivity index (χ3v) is 3.64. The van der Waals surface area contributed by atoms with E-state index >= 15 is 0 Å². The van der Waals surface area contributed by atoms with Crippen LogP contribution in [0.4, 0.5) is 0 Å². The third-order valence-electron chi connectivity index (χ3n) is 3.64. The lowest BCUT2D eigenvalue weighted by Gasteiger charge is -2.25. The van der Waals surface area contributed by atoms with Crippen LogP contribution in [0, 0.1) is 5.92 Å². The van der Waals surface area contributed by atoms with Gasteiger partial charge in [0.1, 0.15) is 0 Å². The Kier molecular flexibility index (Phi) is 7.11. The Labute approximate surface area is 123 Å². The Balaban J connectivity index is 0.00000180. The molecule has 0 aromatic carbocycles. The molecule has 0 amide bonds. The average Bonchev–Trinajstić information content (AvgIpc) is 2.34. The molecule has 2 rings (SSSR count). The minimum Gasteiger partial charge on any atom is -0.309 e. The number of rotatable bonds is 3. The van der Waals surface area contributed by atoms with Crippen molar-refractivity contribution in [2.24, 2.45) is 5.92 Å². The molecule has 1 aliphatic rings. The first-order chi connectivity index (χ1) is 8.77. The number of pyridine rings is 1. The van der Waals surface area contributed by atoms with Crippen molar-refractivity contribution in [3.63, 3.8) is 0 Å². The van der Waals surface area contributed by atoms with Gasteiger partial charge < -0.3 is 4.90 Å². The van der Waals surface area contributed by atoms with Crippen molar-refractivity contribution >= 4 is 18.0 Å². The van der Waals surface area contributed by atoms with E-state index in [9.17, 15) is 0 Å². The number of hydrogen-bond acceptors (Lipinski definition) is 2. The van der Waals surface area contributed by atoms with Crippen molar-refractivity contribution in [3.8, 4) is 0 Å². The molecule has 1 aromatic heterocycles. The molecule has 0 bridgehead atoms. The molecular weight excluding hydrogens is 256 g/mol. The van der Waals surface area contributed by atoms with Crippen LogP contribution in [-0.4, -0.2) is 30.5 Å². The molecule has 0 aliphatic heterocycles. The summed E-state index contributed by atoms with van der Waals surface area (Å²) in [4.78, 5) is 6.58. The van der Waals surface area contributed by atoms with Gasteiger partial charge in [-0.25, -0.2) is 0 Å². The molecule has 1 aliphatic carbocycles. The van der Waals surface area contributed by atoms with E-state index in [1.807, 2.05) is 18.5 Å². The monoisotopic (exact) mass is 280 g/mol. The molecule has 0 saturated heterocycles. The Morgan fingerprint density at radius 2 is 2.11 bits per heavy atom. The van der Waals surface area contributed by atoms with E-state index in [1.54, 1.807) is 0 Å². The van der Waals surface area contributed by atoms with Crippen LogP contribution < -0.4 is 0 Å². The van der Waals surface area contributed by atoms with Crippen LogP contribution in [0.1, 0.15) is 37.7 Å². The number of hydrogen-bond donors (Lipinski definition) is 0. The molecule has 19 heavy (non-hydrogen) atoms. The summed E-state index contributed by atoms with van der Waals surface area (Å²) in [5.74, 6) is 0.657. The number of halogens is 1. The molecule has 106 valence electrons. The van der Waals surface area contributed by atoms with Crippen LogP contribution in [0.25, 0.3) is 5.57 Å². The van der Waals surface area contributed by atoms with Gasteiger partial charge in [-0.3, -0.25) is 4.98 Å². The largest absolute Gasteiger partial charge is 0.309 e. The molecule has 1 heterocycles. The van der Waals surface area contributed by atoms with Crippen LogP contribution in [0.5, 0.6) is 0 Å². The van der Waals surface area contributed by atoms with Crippen LogP contribution in [0.3, 0.4) is 0 Å². The molecule has 1 aromatic rings. The maximum Gasteiger partial charge on any atom is 0.0343 e. The topological polar surface area (TPSA) is 16.1 Å². The van der Waals surface area contributed by atoms with Gasteiger partial charge in [0.15, 0.2) is 0 Å². The fraction of sp³-hybridized carbons (Fsp3) is 0.562. The van der Waals surface area contributed by atoms with Crippen molar-refractivity contribution < 1.29 is 0 Å². The van der Waals surface area contributed by atoms with E-state index in [-0.39, 0.29) is 12.4 Å². The van der Waals surface area contributed by atoms with Crippen LogP contribution in [0.2, 0.25) is 0 Å². The zero-order valence-electron chi connectivity index (χ0n) is 12.0. The average molecular weight is 281 g/mol. The normalized spacial score (nSPS) is 20.2. The van der Waals surface area contributed by atoms with Crippen LogP contribution in [0.15, 0.2) is 30.6 Å². The molecule has 1 unspecified atom stereocenters. The molecule has 0 spiro atoms. The highest BCUT2D eigenvalue weighted by molar-refractivity contribution is 5.85. The van der Waals surface area contributed by atoms with Crippen molar-refractivity contribution in [1.82, 2.24) is 9.88 Å². The molecule has 0 radical (unpaired) electrons. The van der Waals surface area contributed by atoms with Gasteiger partial charge in [-0.15, -0.1) is 12.4 Å². The Hall–Kier alpha value is -0.860. The first kappa shape index (κ1) is 16.2. The van der Waals surface area contributed by atoms with E-state index in [1.165, 1.54) is 43.2 Å². The van der Waals surface area contributed by atoms with Gasteiger partial charge in [0.2, 0.25) is 0 Å². The van der Waals surface area contributed by atoms with E-state index < -0.39 is 0 Å². The second-order valence-electron chi connectivity index (χ2n) is 5.50. The van der Waals surface area contributed by atoms with Gasteiger partial charge in [0.05, 0.1) is 0 Å². The zero-order chi connectivity index (χ0) is 12.8. The number of allylic oxidation sites excluding steroid dienone is 1. The second-order valence-corrected chi connectivity index (χ2v) is 5.50. The Bertz CT molecular complexity index is 387. The Morgan fingerprint density at radius 1 is 1.26 bits per heavy atom. The molecule has 0 fully saturated rings. The second kappa shape index (κ2) is 8.34. The van der Waals surface area contributed by atoms with E-state index in [0.717, 1.165) is 6.54 Å². The van der Waals surface area contributed by atoms with Gasteiger partial charge in [0.25, 0.3) is 0 Å². The molecule has 0 N–H and O–H groups in total. The number of nitrogens with zero attached hydrogens (tertiary/aromatic N) is 2. The highest BCUT2D eigenvalue weighted by Crippen LogP contribution is 2.30. The molecule has 1 atom stereocenters. The predicted octanol–water partition coefficient (Wildman–Crippen LogP) is 4.03. The maximum absolute atomic E-state index is 4.27. The summed E-state index contributed by atoms with van der Waals surface area (Å²) in [6.45, 7) is 1.14. The lowest BCUT2D eigenvalue weighted by molar-refractivity contribution is 0.346. The first-order valence-corrected chi connectivity index (χ1v) is 7.02. The van der Waals surface area contributed by atoms with Crippen LogP contribution >= 0.6 is 12.4 Å². The smallest absolute Gasteiger partial charge is 0.0343 e. The fourth-order valence-electron chi connectivity index (χ4n) is 2.81. The van der Waals surface area contributed by atoms with Gasteiger partial charge in [0, 0.05) is 18.9 Å². The Morgan fingerprint density at radius 3 is 2.79 bits per heavy atom. The molecule has 2 nitrogen and oxygen atoms in total. The SMILES string of the molecule is CN(C)CC1CCCCCC=C1c1cccnc1.Cl. The summed E-state index contributed by atoms with van der Waals surface area (Å²) in [6, 6.07) is 4.24. The van der Waals surface area contributed by atoms with Crippen molar-refractivity contribution in [2.75, 3.05) is 20.6 Å². The minimum atomic E-state index is 0. The lowest BCUT2D eigenvalue weighted by Crippen LogP contribution is -2.23. The number of aromatic nitrogens is 1. The van der Waals surface area contributed by atoms with E-state index in [4.69, 9.17) is 0 Å². The summed E-state index contributed by atoms with van der Waals surface area (Å²) in [7, 11) is 4.33. The molecule has 0 saturated carbocycles. The zero-order valence-corrected chi connectivity index (χ0v) is 12.8. The van der Waals surface area contributed by atoms with E-state index in [2.05, 4.69) is 36.1 Å². The summed E-state index contributed by atoms with van der Waals surface area (Å²) in [5.41, 5.74) is 2.82. The standard InChI is InChI=1S/C16H24N2.ClH/c1-18(2)13-15-8-5-3-4-6-10-16(15)14-9-7-11-17-12-14;/h7,9-12,15H,3-6,8,13H2,1-2H3;1H. The van der Waals surface area contributed by atoms with E-state index in [0.29, 0.717) is 5.92 Å². The summed E-state index contributed by atoms with van der Waals surface area (Å²) in [5, 5.41) is 0. The summed E-state index contributed by atoms with van der Waals surface area (Å²) >= 11 is 0.